The first kappa shape index (κ1) is 13.2. The van der Waals surface area contributed by atoms with Crippen LogP contribution in [0.1, 0.15) is 13.8 Å². The van der Waals surface area contributed by atoms with Crippen LogP contribution in [0.25, 0.3) is 0 Å². The molecule has 1 heterocycles. The van der Waals surface area contributed by atoms with Crippen LogP contribution in [0.4, 0.5) is 18.9 Å². The molecule has 1 aromatic carbocycles. The second-order valence-electron chi connectivity index (χ2n) is 4.59. The summed E-state index contributed by atoms with van der Waals surface area (Å²) in [6, 6.07) is 1.71. The summed E-state index contributed by atoms with van der Waals surface area (Å²) < 4.78 is 49.9. The van der Waals surface area contributed by atoms with Crippen molar-refractivity contribution in [3.05, 3.63) is 29.6 Å². The van der Waals surface area contributed by atoms with E-state index in [0.29, 0.717) is 13.2 Å². The van der Waals surface area contributed by atoms with Gasteiger partial charge in [0, 0.05) is 0 Å². The van der Waals surface area contributed by atoms with Gasteiger partial charge in [0.15, 0.2) is 23.2 Å². The lowest BCUT2D eigenvalue weighted by molar-refractivity contribution is -0.247. The van der Waals surface area contributed by atoms with Gasteiger partial charge in [0.25, 0.3) is 0 Å². The van der Waals surface area contributed by atoms with Crippen molar-refractivity contribution in [3.8, 4) is 0 Å². The summed E-state index contributed by atoms with van der Waals surface area (Å²) in [6.07, 6.45) is 0. The van der Waals surface area contributed by atoms with Crippen molar-refractivity contribution in [2.45, 2.75) is 25.7 Å². The standard InChI is InChI=1S/C12H14F3NO2/c1-12(2)17-5-7(6-18-12)16-9-4-3-8(13)10(14)11(9)15/h3-4,7,16H,5-6H2,1-2H3. The fraction of sp³-hybridized carbons (Fsp3) is 0.500. The molecule has 1 N–H and O–H groups in total. The monoisotopic (exact) mass is 261 g/mol. The Morgan fingerprint density at radius 3 is 2.33 bits per heavy atom. The molecule has 18 heavy (non-hydrogen) atoms. The molecular weight excluding hydrogens is 247 g/mol. The molecule has 1 fully saturated rings. The summed E-state index contributed by atoms with van der Waals surface area (Å²) in [5.41, 5.74) is -0.106. The zero-order valence-electron chi connectivity index (χ0n) is 10.1. The van der Waals surface area contributed by atoms with Gasteiger partial charge in [0.1, 0.15) is 0 Å². The second kappa shape index (κ2) is 4.78. The van der Waals surface area contributed by atoms with Crippen molar-refractivity contribution >= 4 is 5.69 Å². The summed E-state index contributed by atoms with van der Waals surface area (Å²) in [4.78, 5) is 0. The molecule has 1 aromatic rings. The Hall–Kier alpha value is -1.27. The molecule has 1 saturated heterocycles. The minimum atomic E-state index is -1.49. The molecular formula is C12H14F3NO2. The summed E-state index contributed by atoms with van der Waals surface area (Å²) in [5, 5.41) is 2.72. The number of halogens is 3. The van der Waals surface area contributed by atoms with Gasteiger partial charge in [-0.05, 0) is 26.0 Å². The minimum absolute atomic E-state index is 0.106. The first-order chi connectivity index (χ1) is 8.39. The third-order valence-electron chi connectivity index (χ3n) is 2.66. The summed E-state index contributed by atoms with van der Waals surface area (Å²) in [6.45, 7) is 4.12. The van der Waals surface area contributed by atoms with E-state index in [9.17, 15) is 13.2 Å². The van der Waals surface area contributed by atoms with Gasteiger partial charge in [0.2, 0.25) is 0 Å². The quantitative estimate of drug-likeness (QED) is 0.830. The van der Waals surface area contributed by atoms with E-state index in [1.807, 2.05) is 0 Å². The zero-order chi connectivity index (χ0) is 13.3. The number of hydrogen-bond donors (Lipinski definition) is 1. The lowest BCUT2D eigenvalue weighted by Gasteiger charge is -2.35. The Morgan fingerprint density at radius 1 is 1.11 bits per heavy atom. The van der Waals surface area contributed by atoms with Crippen LogP contribution in [-0.2, 0) is 9.47 Å². The molecule has 0 atom stereocenters. The summed E-state index contributed by atoms with van der Waals surface area (Å²) in [7, 11) is 0. The van der Waals surface area contributed by atoms with Crippen LogP contribution < -0.4 is 5.32 Å². The van der Waals surface area contributed by atoms with Crippen molar-refractivity contribution in [1.29, 1.82) is 0 Å². The molecule has 1 aliphatic rings. The van der Waals surface area contributed by atoms with Gasteiger partial charge in [0.05, 0.1) is 24.9 Å². The van der Waals surface area contributed by atoms with Gasteiger partial charge in [-0.3, -0.25) is 0 Å². The Balaban J connectivity index is 2.05. The SMILES string of the molecule is CC1(C)OCC(Nc2ccc(F)c(F)c2F)CO1. The van der Waals surface area contributed by atoms with Crippen molar-refractivity contribution in [3.63, 3.8) is 0 Å². The van der Waals surface area contributed by atoms with Crippen molar-refractivity contribution in [2.75, 3.05) is 18.5 Å². The molecule has 0 aromatic heterocycles. The molecule has 0 spiro atoms. The van der Waals surface area contributed by atoms with Gasteiger partial charge >= 0.3 is 0 Å². The van der Waals surface area contributed by atoms with Crippen molar-refractivity contribution < 1.29 is 22.6 Å². The highest BCUT2D eigenvalue weighted by Gasteiger charge is 2.28. The van der Waals surface area contributed by atoms with Crippen LogP contribution in [-0.4, -0.2) is 25.0 Å². The summed E-state index contributed by atoms with van der Waals surface area (Å²) >= 11 is 0. The van der Waals surface area contributed by atoms with Gasteiger partial charge < -0.3 is 14.8 Å². The average molecular weight is 261 g/mol. The van der Waals surface area contributed by atoms with E-state index < -0.39 is 23.2 Å². The Labute approximate surface area is 103 Å². The van der Waals surface area contributed by atoms with Gasteiger partial charge in [-0.2, -0.15) is 0 Å². The zero-order valence-corrected chi connectivity index (χ0v) is 10.1. The van der Waals surface area contributed by atoms with Gasteiger partial charge in [-0.25, -0.2) is 13.2 Å². The van der Waals surface area contributed by atoms with Crippen LogP contribution in [0.2, 0.25) is 0 Å². The van der Waals surface area contributed by atoms with Crippen molar-refractivity contribution in [2.24, 2.45) is 0 Å². The molecule has 3 nitrogen and oxygen atoms in total. The number of hydrogen-bond acceptors (Lipinski definition) is 3. The van der Waals surface area contributed by atoms with Crippen LogP contribution in [0.15, 0.2) is 12.1 Å². The van der Waals surface area contributed by atoms with Crippen LogP contribution >= 0.6 is 0 Å². The van der Waals surface area contributed by atoms with Crippen LogP contribution in [0.3, 0.4) is 0 Å². The lowest BCUT2D eigenvalue weighted by atomic mass is 10.2. The maximum absolute atomic E-state index is 13.4. The maximum Gasteiger partial charge on any atom is 0.196 e. The number of benzene rings is 1. The molecule has 0 bridgehead atoms. The molecule has 0 saturated carbocycles. The molecule has 1 aliphatic heterocycles. The van der Waals surface area contributed by atoms with E-state index in [0.717, 1.165) is 12.1 Å². The first-order valence-electron chi connectivity index (χ1n) is 5.57. The van der Waals surface area contributed by atoms with E-state index in [2.05, 4.69) is 5.32 Å². The molecule has 6 heteroatoms. The van der Waals surface area contributed by atoms with E-state index in [4.69, 9.17) is 9.47 Å². The maximum atomic E-state index is 13.4. The second-order valence-corrected chi connectivity index (χ2v) is 4.59. The van der Waals surface area contributed by atoms with E-state index >= 15 is 0 Å². The Morgan fingerprint density at radius 2 is 1.72 bits per heavy atom. The molecule has 0 aliphatic carbocycles. The van der Waals surface area contributed by atoms with Crippen molar-refractivity contribution in [1.82, 2.24) is 0 Å². The highest BCUT2D eigenvalue weighted by molar-refractivity contribution is 5.46. The Kier molecular flexibility index (Phi) is 3.49. The van der Waals surface area contributed by atoms with Gasteiger partial charge in [-0.15, -0.1) is 0 Å². The first-order valence-corrected chi connectivity index (χ1v) is 5.57. The number of nitrogens with one attached hydrogen (secondary N) is 1. The van der Waals surface area contributed by atoms with E-state index in [1.54, 1.807) is 13.8 Å². The molecule has 0 radical (unpaired) electrons. The Bertz CT molecular complexity index is 441. The van der Waals surface area contributed by atoms with E-state index in [1.165, 1.54) is 0 Å². The highest BCUT2D eigenvalue weighted by Crippen LogP contribution is 2.23. The molecule has 2 rings (SSSR count). The van der Waals surface area contributed by atoms with Crippen LogP contribution in [0, 0.1) is 17.5 Å². The fourth-order valence-electron chi connectivity index (χ4n) is 1.63. The predicted octanol–water partition coefficient (Wildman–Crippen LogP) is 2.67. The minimum Gasteiger partial charge on any atom is -0.375 e. The molecule has 100 valence electrons. The molecule has 0 amide bonds. The number of anilines is 1. The number of rotatable bonds is 2. The predicted molar refractivity (Wildman–Crippen MR) is 59.7 cm³/mol. The topological polar surface area (TPSA) is 30.5 Å². The average Bonchev–Trinajstić information content (AvgIpc) is 2.32. The number of ether oxygens (including phenoxy) is 2. The third-order valence-corrected chi connectivity index (χ3v) is 2.66. The third kappa shape index (κ3) is 2.76. The van der Waals surface area contributed by atoms with E-state index in [-0.39, 0.29) is 11.7 Å². The summed E-state index contributed by atoms with van der Waals surface area (Å²) in [5.74, 6) is -4.61. The fourth-order valence-corrected chi connectivity index (χ4v) is 1.63. The molecule has 0 unspecified atom stereocenters. The normalized spacial score (nSPS) is 19.8. The van der Waals surface area contributed by atoms with Gasteiger partial charge in [-0.1, -0.05) is 0 Å². The highest BCUT2D eigenvalue weighted by atomic mass is 19.2. The van der Waals surface area contributed by atoms with Crippen LogP contribution in [0.5, 0.6) is 0 Å². The largest absolute Gasteiger partial charge is 0.375 e. The lowest BCUT2D eigenvalue weighted by Crippen LogP contribution is -2.45. The smallest absolute Gasteiger partial charge is 0.196 e.